The van der Waals surface area contributed by atoms with E-state index in [9.17, 15) is 4.79 Å². The molecule has 3 N–H and O–H groups in total. The Hall–Kier alpha value is -1.62. The Morgan fingerprint density at radius 3 is 2.50 bits per heavy atom. The number of carbonyl (C=O) groups excluding carboxylic acids is 1. The molecule has 1 aromatic rings. The van der Waals surface area contributed by atoms with Crippen LogP contribution in [0.25, 0.3) is 0 Å². The van der Waals surface area contributed by atoms with Gasteiger partial charge < -0.3 is 16.0 Å². The number of hydrogen-bond donors (Lipinski definition) is 2. The van der Waals surface area contributed by atoms with Gasteiger partial charge in [-0.25, -0.2) is 4.98 Å². The third-order valence-electron chi connectivity index (χ3n) is 4.18. The van der Waals surface area contributed by atoms with Crippen LogP contribution in [0.3, 0.4) is 0 Å². The predicted molar refractivity (Wildman–Crippen MR) is 69.5 cm³/mol. The third kappa shape index (κ3) is 1.95. The molecule has 2 fully saturated rings. The highest BCUT2D eigenvalue weighted by molar-refractivity contribution is 5.92. The van der Waals surface area contributed by atoms with Gasteiger partial charge >= 0.3 is 0 Å². The zero-order valence-electron chi connectivity index (χ0n) is 10.4. The molecule has 0 saturated carbocycles. The average molecular weight is 246 g/mol. The summed E-state index contributed by atoms with van der Waals surface area (Å²) in [7, 11) is 0. The standard InChI is InChI=1S/C13H18N4O/c14-12(18)10-1-2-11(16-7-10)17-5-3-13(4-6-17)8-15-9-13/h1-2,7,15H,3-6,8-9H2,(H2,14,18). The van der Waals surface area contributed by atoms with Crippen molar-refractivity contribution in [3.8, 4) is 0 Å². The predicted octanol–water partition coefficient (Wildman–Crippen LogP) is 0.370. The van der Waals surface area contributed by atoms with E-state index in [-0.39, 0.29) is 0 Å². The van der Waals surface area contributed by atoms with E-state index in [1.165, 1.54) is 12.8 Å². The second kappa shape index (κ2) is 4.24. The molecule has 2 aliphatic rings. The van der Waals surface area contributed by atoms with Crippen molar-refractivity contribution in [2.45, 2.75) is 12.8 Å². The number of anilines is 1. The van der Waals surface area contributed by atoms with Crippen LogP contribution >= 0.6 is 0 Å². The van der Waals surface area contributed by atoms with Gasteiger partial charge in [0, 0.05) is 32.4 Å². The molecule has 1 aromatic heterocycles. The second-order valence-corrected chi connectivity index (χ2v) is 5.36. The number of amides is 1. The van der Waals surface area contributed by atoms with Crippen LogP contribution in [0.5, 0.6) is 0 Å². The third-order valence-corrected chi connectivity index (χ3v) is 4.18. The van der Waals surface area contributed by atoms with Gasteiger partial charge in [-0.1, -0.05) is 0 Å². The summed E-state index contributed by atoms with van der Waals surface area (Å²) in [6.45, 7) is 4.42. The highest BCUT2D eigenvalue weighted by atomic mass is 16.1. The summed E-state index contributed by atoms with van der Waals surface area (Å²) in [6.07, 6.45) is 4.01. The quantitative estimate of drug-likeness (QED) is 0.791. The summed E-state index contributed by atoms with van der Waals surface area (Å²) in [5.41, 5.74) is 6.22. The first-order valence-electron chi connectivity index (χ1n) is 6.40. The van der Waals surface area contributed by atoms with Gasteiger partial charge in [0.25, 0.3) is 0 Å². The Balaban J connectivity index is 1.67. The van der Waals surface area contributed by atoms with Crippen molar-refractivity contribution < 1.29 is 4.79 Å². The van der Waals surface area contributed by atoms with Gasteiger partial charge in [-0.3, -0.25) is 4.79 Å². The van der Waals surface area contributed by atoms with Gasteiger partial charge in [0.05, 0.1) is 5.56 Å². The number of pyridine rings is 1. The Morgan fingerprint density at radius 1 is 1.33 bits per heavy atom. The molecule has 0 aliphatic carbocycles. The van der Waals surface area contributed by atoms with E-state index in [0.29, 0.717) is 11.0 Å². The summed E-state index contributed by atoms with van der Waals surface area (Å²) >= 11 is 0. The molecule has 3 rings (SSSR count). The lowest BCUT2D eigenvalue weighted by Gasteiger charge is -2.48. The van der Waals surface area contributed by atoms with Crippen molar-refractivity contribution in [2.24, 2.45) is 11.1 Å². The first-order chi connectivity index (χ1) is 8.69. The lowest BCUT2D eigenvalue weighted by molar-refractivity contribution is 0.1000. The van der Waals surface area contributed by atoms with Crippen molar-refractivity contribution >= 4 is 11.7 Å². The number of nitrogens with one attached hydrogen (secondary N) is 1. The maximum atomic E-state index is 11.0. The Labute approximate surface area is 106 Å². The topological polar surface area (TPSA) is 71.2 Å². The molecule has 96 valence electrons. The first-order valence-corrected chi connectivity index (χ1v) is 6.40. The molecular weight excluding hydrogens is 228 g/mol. The van der Waals surface area contributed by atoms with Gasteiger partial charge in [0.2, 0.25) is 5.91 Å². The van der Waals surface area contributed by atoms with Crippen molar-refractivity contribution in [3.63, 3.8) is 0 Å². The smallest absolute Gasteiger partial charge is 0.250 e. The molecule has 5 heteroatoms. The molecule has 0 bridgehead atoms. The minimum atomic E-state index is -0.424. The second-order valence-electron chi connectivity index (χ2n) is 5.36. The van der Waals surface area contributed by atoms with Crippen LogP contribution in [0.2, 0.25) is 0 Å². The molecule has 2 aliphatic heterocycles. The average Bonchev–Trinajstić information content (AvgIpc) is 2.37. The minimum absolute atomic E-state index is 0.424. The SMILES string of the molecule is NC(=O)c1ccc(N2CCC3(CC2)CNC3)nc1. The summed E-state index contributed by atoms with van der Waals surface area (Å²) in [4.78, 5) is 17.6. The normalized spacial score (nSPS) is 21.7. The van der Waals surface area contributed by atoms with E-state index < -0.39 is 5.91 Å². The summed E-state index contributed by atoms with van der Waals surface area (Å²) in [6, 6.07) is 3.64. The monoisotopic (exact) mass is 246 g/mol. The molecule has 3 heterocycles. The lowest BCUT2D eigenvalue weighted by Crippen LogP contribution is -2.58. The fourth-order valence-electron chi connectivity index (χ4n) is 2.76. The summed E-state index contributed by atoms with van der Waals surface area (Å²) < 4.78 is 0. The summed E-state index contributed by atoms with van der Waals surface area (Å²) in [5, 5.41) is 3.36. The molecule has 0 unspecified atom stereocenters. The maximum Gasteiger partial charge on any atom is 0.250 e. The maximum absolute atomic E-state index is 11.0. The van der Waals surface area contributed by atoms with Crippen molar-refractivity contribution in [1.82, 2.24) is 10.3 Å². The Kier molecular flexibility index (Phi) is 2.70. The zero-order chi connectivity index (χ0) is 12.6. The van der Waals surface area contributed by atoms with Crippen molar-refractivity contribution in [1.29, 1.82) is 0 Å². The highest BCUT2D eigenvalue weighted by Gasteiger charge is 2.39. The zero-order valence-corrected chi connectivity index (χ0v) is 10.4. The van der Waals surface area contributed by atoms with E-state index in [0.717, 1.165) is 32.0 Å². The summed E-state index contributed by atoms with van der Waals surface area (Å²) in [5.74, 6) is 0.523. The van der Waals surface area contributed by atoms with E-state index >= 15 is 0 Å². The van der Waals surface area contributed by atoms with Gasteiger partial charge in [-0.05, 0) is 30.4 Å². The number of piperidine rings is 1. The van der Waals surface area contributed by atoms with Crippen LogP contribution in [0, 0.1) is 5.41 Å². The van der Waals surface area contributed by atoms with Gasteiger partial charge in [-0.2, -0.15) is 0 Å². The number of nitrogens with two attached hydrogens (primary N) is 1. The molecule has 18 heavy (non-hydrogen) atoms. The number of nitrogens with zero attached hydrogens (tertiary/aromatic N) is 2. The van der Waals surface area contributed by atoms with Crippen LogP contribution in [0.15, 0.2) is 18.3 Å². The van der Waals surface area contributed by atoms with Crippen molar-refractivity contribution in [2.75, 3.05) is 31.1 Å². The van der Waals surface area contributed by atoms with E-state index in [4.69, 9.17) is 5.73 Å². The minimum Gasteiger partial charge on any atom is -0.366 e. The van der Waals surface area contributed by atoms with Crippen LogP contribution in [-0.4, -0.2) is 37.1 Å². The number of hydrogen-bond acceptors (Lipinski definition) is 4. The first kappa shape index (κ1) is 11.5. The van der Waals surface area contributed by atoms with Crippen LogP contribution in [0.1, 0.15) is 23.2 Å². The molecule has 2 saturated heterocycles. The number of primary amides is 1. The molecule has 1 spiro atoms. The number of aromatic nitrogens is 1. The van der Waals surface area contributed by atoms with Gasteiger partial charge in [0.1, 0.15) is 5.82 Å². The molecule has 5 nitrogen and oxygen atoms in total. The van der Waals surface area contributed by atoms with E-state index in [1.54, 1.807) is 12.3 Å². The van der Waals surface area contributed by atoms with Crippen molar-refractivity contribution in [3.05, 3.63) is 23.9 Å². The highest BCUT2D eigenvalue weighted by Crippen LogP contribution is 2.35. The fraction of sp³-hybridized carbons (Fsp3) is 0.538. The largest absolute Gasteiger partial charge is 0.366 e. The molecule has 0 radical (unpaired) electrons. The molecule has 0 atom stereocenters. The van der Waals surface area contributed by atoms with Gasteiger partial charge in [0.15, 0.2) is 0 Å². The van der Waals surface area contributed by atoms with Crippen LogP contribution in [-0.2, 0) is 0 Å². The molecular formula is C13H18N4O. The molecule has 0 aromatic carbocycles. The van der Waals surface area contributed by atoms with Crippen LogP contribution in [0.4, 0.5) is 5.82 Å². The molecule has 1 amide bonds. The number of rotatable bonds is 2. The fourth-order valence-corrected chi connectivity index (χ4v) is 2.76. The Morgan fingerprint density at radius 2 is 2.06 bits per heavy atom. The number of carbonyl (C=O) groups is 1. The Bertz CT molecular complexity index is 443. The van der Waals surface area contributed by atoms with E-state index in [1.807, 2.05) is 6.07 Å². The van der Waals surface area contributed by atoms with Crippen LogP contribution < -0.4 is 16.0 Å². The van der Waals surface area contributed by atoms with E-state index in [2.05, 4.69) is 15.2 Å². The van der Waals surface area contributed by atoms with Gasteiger partial charge in [-0.15, -0.1) is 0 Å². The lowest BCUT2D eigenvalue weighted by atomic mass is 9.73.